The lowest BCUT2D eigenvalue weighted by atomic mass is 10.2. The van der Waals surface area contributed by atoms with Crippen molar-refractivity contribution in [2.45, 2.75) is 19.7 Å². The van der Waals surface area contributed by atoms with Gasteiger partial charge >= 0.3 is 0 Å². The summed E-state index contributed by atoms with van der Waals surface area (Å²) in [6, 6.07) is 9.60. The summed E-state index contributed by atoms with van der Waals surface area (Å²) in [4.78, 5) is 0. The molecule has 2 rings (SSSR count). The minimum absolute atomic E-state index is 0.407. The number of nitrogens with one attached hydrogen (secondary N) is 1. The maximum absolute atomic E-state index is 5.93. The smallest absolute Gasteiger partial charge is 0.153 e. The van der Waals surface area contributed by atoms with Crippen molar-refractivity contribution in [2.24, 2.45) is 0 Å². The van der Waals surface area contributed by atoms with Crippen LogP contribution in [0, 0.1) is 6.92 Å². The highest BCUT2D eigenvalue weighted by atomic mass is 35.5. The third-order valence-electron chi connectivity index (χ3n) is 2.57. The Balaban J connectivity index is 2.18. The number of nitrogens with zero attached hydrogens (tertiary/aromatic N) is 2. The standard InChI is InChI=1S/C14H16ClN3O/c1-3-19-13-6-5-12(8-11(13)9-15)16-14-7-4-10(2)17-18-14/h4-8H,3,9H2,1-2H3,(H,16,18). The normalized spacial score (nSPS) is 10.3. The Kier molecular flexibility index (Phi) is 4.58. The van der Waals surface area contributed by atoms with Gasteiger partial charge in [-0.15, -0.1) is 16.7 Å². The van der Waals surface area contributed by atoms with Crippen molar-refractivity contribution in [1.29, 1.82) is 0 Å². The van der Waals surface area contributed by atoms with Crippen molar-refractivity contribution in [3.8, 4) is 5.75 Å². The molecule has 0 aliphatic carbocycles. The molecule has 0 radical (unpaired) electrons. The van der Waals surface area contributed by atoms with E-state index >= 15 is 0 Å². The molecule has 4 nitrogen and oxygen atoms in total. The minimum atomic E-state index is 0.407. The van der Waals surface area contributed by atoms with E-state index in [-0.39, 0.29) is 0 Å². The Bertz CT molecular complexity index is 543. The number of benzene rings is 1. The first kappa shape index (κ1) is 13.6. The van der Waals surface area contributed by atoms with Crippen LogP contribution in [0.5, 0.6) is 5.75 Å². The predicted molar refractivity (Wildman–Crippen MR) is 77.2 cm³/mol. The molecule has 0 saturated heterocycles. The zero-order chi connectivity index (χ0) is 13.7. The first-order chi connectivity index (χ1) is 9.22. The Morgan fingerprint density at radius 3 is 2.68 bits per heavy atom. The molecule has 0 spiro atoms. The monoisotopic (exact) mass is 277 g/mol. The summed E-state index contributed by atoms with van der Waals surface area (Å²) in [6.07, 6.45) is 0. The zero-order valence-corrected chi connectivity index (χ0v) is 11.7. The number of hydrogen-bond donors (Lipinski definition) is 1. The highest BCUT2D eigenvalue weighted by Gasteiger charge is 2.05. The van der Waals surface area contributed by atoms with E-state index in [1.54, 1.807) is 0 Å². The van der Waals surface area contributed by atoms with E-state index in [4.69, 9.17) is 16.3 Å². The number of aromatic nitrogens is 2. The van der Waals surface area contributed by atoms with Crippen LogP contribution in [0.4, 0.5) is 11.5 Å². The molecular formula is C14H16ClN3O. The van der Waals surface area contributed by atoms with Gasteiger partial charge < -0.3 is 10.1 Å². The van der Waals surface area contributed by atoms with Crippen LogP contribution < -0.4 is 10.1 Å². The molecule has 0 atom stereocenters. The summed E-state index contributed by atoms with van der Waals surface area (Å²) in [7, 11) is 0. The van der Waals surface area contributed by atoms with E-state index in [9.17, 15) is 0 Å². The molecule has 0 unspecified atom stereocenters. The first-order valence-corrected chi connectivity index (χ1v) is 6.65. The van der Waals surface area contributed by atoms with Gasteiger partial charge in [-0.2, -0.15) is 5.10 Å². The van der Waals surface area contributed by atoms with Crippen molar-refractivity contribution in [1.82, 2.24) is 10.2 Å². The summed E-state index contributed by atoms with van der Waals surface area (Å²) in [5.41, 5.74) is 2.75. The van der Waals surface area contributed by atoms with Crippen LogP contribution in [0.1, 0.15) is 18.2 Å². The number of hydrogen-bond acceptors (Lipinski definition) is 4. The Morgan fingerprint density at radius 2 is 2.05 bits per heavy atom. The number of alkyl halides is 1. The molecule has 0 saturated carbocycles. The molecule has 0 amide bonds. The third-order valence-corrected chi connectivity index (χ3v) is 2.86. The van der Waals surface area contributed by atoms with Crippen molar-refractivity contribution in [3.05, 3.63) is 41.6 Å². The van der Waals surface area contributed by atoms with Gasteiger partial charge in [0.2, 0.25) is 0 Å². The number of halogens is 1. The van der Waals surface area contributed by atoms with Crippen molar-refractivity contribution in [2.75, 3.05) is 11.9 Å². The van der Waals surface area contributed by atoms with Crippen LogP contribution in [-0.2, 0) is 5.88 Å². The molecular weight excluding hydrogens is 262 g/mol. The molecule has 5 heteroatoms. The Morgan fingerprint density at radius 1 is 1.21 bits per heavy atom. The summed E-state index contributed by atoms with van der Waals surface area (Å²) >= 11 is 5.93. The number of anilines is 2. The van der Waals surface area contributed by atoms with Crippen molar-refractivity contribution in [3.63, 3.8) is 0 Å². The van der Waals surface area contributed by atoms with Crippen molar-refractivity contribution >= 4 is 23.1 Å². The van der Waals surface area contributed by atoms with Gasteiger partial charge in [-0.05, 0) is 44.2 Å². The summed E-state index contributed by atoms with van der Waals surface area (Å²) in [5.74, 6) is 1.93. The van der Waals surface area contributed by atoms with Crippen LogP contribution in [0.15, 0.2) is 30.3 Å². The molecule has 1 heterocycles. The van der Waals surface area contributed by atoms with Crippen LogP contribution in [0.25, 0.3) is 0 Å². The lowest BCUT2D eigenvalue weighted by molar-refractivity contribution is 0.337. The largest absolute Gasteiger partial charge is 0.494 e. The van der Waals surface area contributed by atoms with E-state index < -0.39 is 0 Å². The highest BCUT2D eigenvalue weighted by Crippen LogP contribution is 2.26. The average Bonchev–Trinajstić information content (AvgIpc) is 2.43. The fraction of sp³-hybridized carbons (Fsp3) is 0.286. The van der Waals surface area contributed by atoms with E-state index in [1.165, 1.54) is 0 Å². The maximum Gasteiger partial charge on any atom is 0.153 e. The fourth-order valence-corrected chi connectivity index (χ4v) is 1.88. The van der Waals surface area contributed by atoms with Gasteiger partial charge in [0.1, 0.15) is 5.75 Å². The lowest BCUT2D eigenvalue weighted by Crippen LogP contribution is -1.99. The molecule has 1 aromatic heterocycles. The average molecular weight is 278 g/mol. The number of ether oxygens (including phenoxy) is 1. The predicted octanol–water partition coefficient (Wildman–Crippen LogP) is 3.67. The lowest BCUT2D eigenvalue weighted by Gasteiger charge is -2.11. The fourth-order valence-electron chi connectivity index (χ4n) is 1.67. The molecule has 0 fully saturated rings. The van der Waals surface area contributed by atoms with Crippen LogP contribution in [0.2, 0.25) is 0 Å². The van der Waals surface area contributed by atoms with E-state index in [0.29, 0.717) is 18.3 Å². The topological polar surface area (TPSA) is 47.0 Å². The third kappa shape index (κ3) is 3.58. The first-order valence-electron chi connectivity index (χ1n) is 6.12. The SMILES string of the molecule is CCOc1ccc(Nc2ccc(C)nn2)cc1CCl. The van der Waals surface area contributed by atoms with E-state index in [0.717, 1.165) is 22.7 Å². The molecule has 19 heavy (non-hydrogen) atoms. The van der Waals surface area contributed by atoms with Gasteiger partial charge in [-0.3, -0.25) is 0 Å². The quantitative estimate of drug-likeness (QED) is 0.847. The highest BCUT2D eigenvalue weighted by molar-refractivity contribution is 6.17. The molecule has 100 valence electrons. The van der Waals surface area contributed by atoms with Gasteiger partial charge in [0, 0.05) is 11.3 Å². The number of aryl methyl sites for hydroxylation is 1. The molecule has 1 aromatic carbocycles. The second-order valence-corrected chi connectivity index (χ2v) is 4.34. The molecule has 0 aliphatic heterocycles. The van der Waals surface area contributed by atoms with E-state index in [1.807, 2.05) is 44.2 Å². The maximum atomic E-state index is 5.93. The summed E-state index contributed by atoms with van der Waals surface area (Å²) in [5, 5.41) is 11.3. The van der Waals surface area contributed by atoms with Crippen LogP contribution in [-0.4, -0.2) is 16.8 Å². The van der Waals surface area contributed by atoms with Gasteiger partial charge in [0.15, 0.2) is 5.82 Å². The molecule has 1 N–H and O–H groups in total. The van der Waals surface area contributed by atoms with Gasteiger partial charge in [0.05, 0.1) is 18.2 Å². The Hall–Kier alpha value is -1.81. The van der Waals surface area contributed by atoms with Gasteiger partial charge in [0.25, 0.3) is 0 Å². The van der Waals surface area contributed by atoms with Crippen LogP contribution in [0.3, 0.4) is 0 Å². The summed E-state index contributed by atoms with van der Waals surface area (Å²) < 4.78 is 5.51. The molecule has 0 aliphatic rings. The minimum Gasteiger partial charge on any atom is -0.494 e. The Labute approximate surface area is 117 Å². The van der Waals surface area contributed by atoms with E-state index in [2.05, 4.69) is 15.5 Å². The zero-order valence-electron chi connectivity index (χ0n) is 11.0. The van der Waals surface area contributed by atoms with Gasteiger partial charge in [-0.25, -0.2) is 0 Å². The second-order valence-electron chi connectivity index (χ2n) is 4.07. The van der Waals surface area contributed by atoms with Crippen molar-refractivity contribution < 1.29 is 4.74 Å². The second kappa shape index (κ2) is 6.38. The summed E-state index contributed by atoms with van der Waals surface area (Å²) in [6.45, 7) is 4.48. The molecule has 2 aromatic rings. The van der Waals surface area contributed by atoms with Gasteiger partial charge in [-0.1, -0.05) is 0 Å². The molecule has 0 bridgehead atoms. The number of rotatable bonds is 5. The van der Waals surface area contributed by atoms with Crippen LogP contribution >= 0.6 is 11.6 Å².